The molecule has 0 saturated carbocycles. The van der Waals surface area contributed by atoms with Gasteiger partial charge >= 0.3 is 18.0 Å². The van der Waals surface area contributed by atoms with Gasteiger partial charge in [-0.3, -0.25) is 10.1 Å². The zero-order valence-corrected chi connectivity index (χ0v) is 16.7. The molecule has 0 aliphatic heterocycles. The number of nitrogens with two attached hydrogens (primary N) is 1. The highest BCUT2D eigenvalue weighted by molar-refractivity contribution is 9.10. The molecule has 0 heterocycles. The minimum absolute atomic E-state index is 0.375. The highest BCUT2D eigenvalue weighted by Gasteiger charge is 2.32. The summed E-state index contributed by atoms with van der Waals surface area (Å²) in [6, 6.07) is 5.23. The largest absolute Gasteiger partial charge is 0.465 e. The minimum atomic E-state index is -0.814. The van der Waals surface area contributed by atoms with Crippen LogP contribution in [0.4, 0.5) is 4.79 Å². The highest BCUT2D eigenvalue weighted by Crippen LogP contribution is 2.26. The van der Waals surface area contributed by atoms with Crippen LogP contribution in [0.2, 0.25) is 0 Å². The summed E-state index contributed by atoms with van der Waals surface area (Å²) in [5.74, 6) is -1.23. The molecule has 0 bridgehead atoms. The van der Waals surface area contributed by atoms with Crippen molar-refractivity contribution in [3.63, 3.8) is 0 Å². The van der Waals surface area contributed by atoms with Crippen LogP contribution < -0.4 is 11.1 Å². The molecule has 9 heteroatoms. The van der Waals surface area contributed by atoms with E-state index in [0.717, 1.165) is 0 Å². The number of methoxy groups -OCH3 is 2. The van der Waals surface area contributed by atoms with E-state index in [1.807, 2.05) is 19.2 Å². The Bertz CT molecular complexity index is 606. The lowest BCUT2D eigenvalue weighted by atomic mass is 10.0. The molecule has 26 heavy (non-hydrogen) atoms. The maximum atomic E-state index is 11.3. The van der Waals surface area contributed by atoms with Crippen LogP contribution in [0.1, 0.15) is 47.4 Å². The van der Waals surface area contributed by atoms with Crippen LogP contribution in [0.5, 0.6) is 0 Å². The average Bonchev–Trinajstić information content (AvgIpc) is 2.66. The highest BCUT2D eigenvalue weighted by atomic mass is 79.9. The summed E-state index contributed by atoms with van der Waals surface area (Å²) in [6.45, 7) is 3.72. The van der Waals surface area contributed by atoms with E-state index in [-0.39, 0.29) is 5.91 Å². The number of nitrogens with one attached hydrogen (secondary N) is 1. The molecule has 0 aromatic heterocycles. The molecule has 0 aliphatic rings. The van der Waals surface area contributed by atoms with Crippen LogP contribution in [0, 0.1) is 0 Å². The summed E-state index contributed by atoms with van der Waals surface area (Å²) in [5.41, 5.74) is 5.61. The molecule has 0 atom stereocenters. The topological polar surface area (TPSA) is 125 Å². The Morgan fingerprint density at radius 2 is 1.31 bits per heavy atom. The van der Waals surface area contributed by atoms with Crippen molar-refractivity contribution in [1.29, 1.82) is 0 Å². The molecule has 0 radical (unpaired) electrons. The first-order valence-electron chi connectivity index (χ1n) is 7.71. The fourth-order valence-electron chi connectivity index (χ4n) is 1.77. The van der Waals surface area contributed by atoms with E-state index in [1.165, 1.54) is 38.5 Å². The Morgan fingerprint density at radius 3 is 1.54 bits per heavy atom. The van der Waals surface area contributed by atoms with Gasteiger partial charge in [0, 0.05) is 0 Å². The third kappa shape index (κ3) is 7.22. The second kappa shape index (κ2) is 11.2. The molecule has 0 aliphatic carbocycles. The number of halogens is 1. The van der Waals surface area contributed by atoms with E-state index in [4.69, 9.17) is 5.73 Å². The number of hydrogen-bond acceptors (Lipinski definition) is 6. The first kappa shape index (κ1) is 23.6. The van der Waals surface area contributed by atoms with Crippen LogP contribution >= 0.6 is 15.9 Å². The van der Waals surface area contributed by atoms with Gasteiger partial charge in [-0.05, 0) is 37.1 Å². The Kier molecular flexibility index (Phi) is 10.2. The number of ether oxygens (including phenoxy) is 2. The molecule has 1 aromatic rings. The predicted molar refractivity (Wildman–Crippen MR) is 99.1 cm³/mol. The number of rotatable bonds is 5. The molecule has 3 N–H and O–H groups in total. The summed E-state index contributed by atoms with van der Waals surface area (Å²) in [7, 11) is 2.60. The summed E-state index contributed by atoms with van der Waals surface area (Å²) in [6.07, 6.45) is 1.23. The van der Waals surface area contributed by atoms with Crippen LogP contribution in [0.15, 0.2) is 24.3 Å². The lowest BCUT2D eigenvalue weighted by molar-refractivity contribution is -0.122. The van der Waals surface area contributed by atoms with Gasteiger partial charge in [-0.25, -0.2) is 14.4 Å². The zero-order chi connectivity index (χ0) is 20.3. The molecular weight excluding hydrogens is 408 g/mol. The van der Waals surface area contributed by atoms with Gasteiger partial charge in [0.05, 0.1) is 25.3 Å². The van der Waals surface area contributed by atoms with E-state index in [1.54, 1.807) is 0 Å². The van der Waals surface area contributed by atoms with Crippen LogP contribution in [0.3, 0.4) is 0 Å². The van der Waals surface area contributed by atoms with Crippen LogP contribution in [0.25, 0.3) is 0 Å². The molecule has 0 saturated heterocycles. The maximum absolute atomic E-state index is 11.3. The Labute approximate surface area is 160 Å². The first-order valence-corrected chi connectivity index (χ1v) is 8.50. The van der Waals surface area contributed by atoms with Gasteiger partial charge in [0.2, 0.25) is 5.91 Å². The number of carbonyl (C=O) groups is 4. The van der Waals surface area contributed by atoms with Crippen molar-refractivity contribution >= 4 is 39.8 Å². The van der Waals surface area contributed by atoms with Gasteiger partial charge < -0.3 is 15.2 Å². The number of primary amides is 1. The van der Waals surface area contributed by atoms with Crippen molar-refractivity contribution in [2.45, 2.75) is 31.0 Å². The smallest absolute Gasteiger partial charge is 0.337 e. The Morgan fingerprint density at radius 1 is 0.962 bits per heavy atom. The third-order valence-electron chi connectivity index (χ3n) is 3.49. The number of hydrogen-bond donors (Lipinski definition) is 2. The van der Waals surface area contributed by atoms with E-state index >= 15 is 0 Å². The van der Waals surface area contributed by atoms with Crippen molar-refractivity contribution in [2.75, 3.05) is 14.2 Å². The molecule has 3 amide bonds. The predicted octanol–water partition coefficient (Wildman–Crippen LogP) is 2.39. The monoisotopic (exact) mass is 430 g/mol. The second-order valence-corrected chi connectivity index (χ2v) is 6.57. The summed E-state index contributed by atoms with van der Waals surface area (Å²) in [4.78, 5) is 43.7. The minimum Gasteiger partial charge on any atom is -0.465 e. The van der Waals surface area contributed by atoms with Crippen molar-refractivity contribution < 1.29 is 28.7 Å². The fraction of sp³-hybridized carbons (Fsp3) is 0.412. The van der Waals surface area contributed by atoms with Gasteiger partial charge in [0.15, 0.2) is 0 Å². The van der Waals surface area contributed by atoms with Crippen molar-refractivity contribution in [2.24, 2.45) is 5.73 Å². The molecule has 0 fully saturated rings. The number of benzene rings is 1. The van der Waals surface area contributed by atoms with Gasteiger partial charge in [-0.15, -0.1) is 0 Å². The fourth-order valence-corrected chi connectivity index (χ4v) is 1.87. The number of alkyl halides is 1. The average molecular weight is 431 g/mol. The first-order chi connectivity index (χ1) is 12.1. The SMILES string of the molecule is CCC(Br)(CC)C(=O)NC(N)=O.COC(=O)c1ccc(C(=O)OC)cc1. The van der Waals surface area contributed by atoms with E-state index in [9.17, 15) is 19.2 Å². The van der Waals surface area contributed by atoms with Crippen molar-refractivity contribution in [1.82, 2.24) is 5.32 Å². The van der Waals surface area contributed by atoms with Crippen molar-refractivity contribution in [3.8, 4) is 0 Å². The second-order valence-electron chi connectivity index (χ2n) is 5.05. The van der Waals surface area contributed by atoms with E-state index in [2.05, 4.69) is 25.4 Å². The van der Waals surface area contributed by atoms with Gasteiger partial charge in [-0.2, -0.15) is 0 Å². The number of amides is 3. The lowest BCUT2D eigenvalue weighted by Gasteiger charge is -2.21. The summed E-state index contributed by atoms with van der Waals surface area (Å²) >= 11 is 3.26. The molecular formula is C17H23BrN2O6. The molecule has 144 valence electrons. The van der Waals surface area contributed by atoms with Gasteiger partial charge in [0.1, 0.15) is 4.32 Å². The Hall–Kier alpha value is -2.42. The molecule has 0 unspecified atom stereocenters. The third-order valence-corrected chi connectivity index (χ3v) is 4.97. The van der Waals surface area contributed by atoms with Gasteiger partial charge in [0.25, 0.3) is 0 Å². The molecule has 8 nitrogen and oxygen atoms in total. The summed E-state index contributed by atoms with van der Waals surface area (Å²) < 4.78 is 8.35. The maximum Gasteiger partial charge on any atom is 0.337 e. The van der Waals surface area contributed by atoms with E-state index in [0.29, 0.717) is 24.0 Å². The Balaban J connectivity index is 0.000000488. The van der Waals surface area contributed by atoms with Gasteiger partial charge in [-0.1, -0.05) is 29.8 Å². The molecule has 1 aromatic carbocycles. The normalized spacial score (nSPS) is 10.0. The summed E-state index contributed by atoms with van der Waals surface area (Å²) in [5, 5.41) is 2.04. The number of imide groups is 1. The molecule has 0 spiro atoms. The molecule has 1 rings (SSSR count). The van der Waals surface area contributed by atoms with Crippen LogP contribution in [-0.4, -0.2) is 42.4 Å². The number of esters is 2. The number of carbonyl (C=O) groups excluding carboxylic acids is 4. The quantitative estimate of drug-likeness (QED) is 0.545. The van der Waals surface area contributed by atoms with Crippen molar-refractivity contribution in [3.05, 3.63) is 35.4 Å². The lowest BCUT2D eigenvalue weighted by Crippen LogP contribution is -2.46. The standard InChI is InChI=1S/C10H10O4.C7H13BrN2O2/c1-13-9(11)7-3-5-8(6-4-7)10(12)14-2;1-3-7(8,4-2)5(11)10-6(9)12/h3-6H,1-2H3;3-4H2,1-2H3,(H3,9,10,11,12). The van der Waals surface area contributed by atoms with Crippen LogP contribution in [-0.2, 0) is 14.3 Å². The van der Waals surface area contributed by atoms with E-state index < -0.39 is 22.3 Å². The zero-order valence-electron chi connectivity index (χ0n) is 15.1. The number of urea groups is 1.